The van der Waals surface area contributed by atoms with E-state index in [1.807, 2.05) is 30.3 Å². The van der Waals surface area contributed by atoms with Crippen molar-refractivity contribution in [3.8, 4) is 28.1 Å². The molecule has 0 N–H and O–H groups in total. The van der Waals surface area contributed by atoms with E-state index in [0.29, 0.717) is 22.0 Å². The van der Waals surface area contributed by atoms with Gasteiger partial charge in [-0.1, -0.05) is 60.1 Å². The molecular formula is C27H21ClFNO3. The van der Waals surface area contributed by atoms with E-state index in [1.54, 1.807) is 55.5 Å². The number of rotatable bonds is 7. The Morgan fingerprint density at radius 3 is 2.45 bits per heavy atom. The van der Waals surface area contributed by atoms with Crippen LogP contribution in [0.5, 0.6) is 5.75 Å². The molecule has 0 aliphatic heterocycles. The van der Waals surface area contributed by atoms with Crippen molar-refractivity contribution in [3.05, 3.63) is 107 Å². The number of hydrogen-bond acceptors (Lipinski definition) is 4. The first-order valence-corrected chi connectivity index (χ1v) is 10.8. The molecule has 33 heavy (non-hydrogen) atoms. The van der Waals surface area contributed by atoms with Crippen LogP contribution in [0.2, 0.25) is 5.02 Å². The van der Waals surface area contributed by atoms with E-state index < -0.39 is 5.97 Å². The summed E-state index contributed by atoms with van der Waals surface area (Å²) in [4.78, 5) is 16.7. The standard InChI is InChI=1S/C27H21ClFNO3/c1-2-32-27(31)25-13-7-12-24(30-25)21-10-5-4-9-20(21)22-16-19(28)14-15-26(22)33-17-18-8-3-6-11-23(18)29/h3-16H,2,17H2,1H3. The first-order chi connectivity index (χ1) is 16.1. The number of carbonyl (C=O) groups is 1. The Hall–Kier alpha value is -3.70. The molecule has 0 spiro atoms. The molecule has 0 unspecified atom stereocenters. The summed E-state index contributed by atoms with van der Waals surface area (Å²) in [6.45, 7) is 2.09. The van der Waals surface area contributed by atoms with Crippen LogP contribution < -0.4 is 4.74 Å². The number of halogens is 2. The predicted octanol–water partition coefficient (Wildman–Crippen LogP) is 6.96. The van der Waals surface area contributed by atoms with Crippen molar-refractivity contribution < 1.29 is 18.7 Å². The monoisotopic (exact) mass is 461 g/mol. The lowest BCUT2D eigenvalue weighted by atomic mass is 9.96. The van der Waals surface area contributed by atoms with Gasteiger partial charge >= 0.3 is 5.97 Å². The van der Waals surface area contributed by atoms with Gasteiger partial charge in [-0.25, -0.2) is 14.2 Å². The number of aromatic nitrogens is 1. The highest BCUT2D eigenvalue weighted by Gasteiger charge is 2.16. The van der Waals surface area contributed by atoms with E-state index in [0.717, 1.165) is 16.7 Å². The highest BCUT2D eigenvalue weighted by molar-refractivity contribution is 6.31. The lowest BCUT2D eigenvalue weighted by molar-refractivity contribution is 0.0519. The summed E-state index contributed by atoms with van der Waals surface area (Å²) in [5.41, 5.74) is 3.63. The molecule has 0 amide bonds. The predicted molar refractivity (Wildman–Crippen MR) is 127 cm³/mol. The number of hydrogen-bond donors (Lipinski definition) is 0. The summed E-state index contributed by atoms with van der Waals surface area (Å²) in [5, 5.41) is 0.534. The van der Waals surface area contributed by atoms with Gasteiger partial charge in [0.25, 0.3) is 0 Å². The number of benzene rings is 3. The van der Waals surface area contributed by atoms with Gasteiger partial charge in [0.1, 0.15) is 23.9 Å². The van der Waals surface area contributed by atoms with Gasteiger partial charge in [-0.3, -0.25) is 0 Å². The summed E-state index contributed by atoms with van der Waals surface area (Å²) in [6.07, 6.45) is 0. The molecule has 6 heteroatoms. The average molecular weight is 462 g/mol. The van der Waals surface area contributed by atoms with E-state index in [1.165, 1.54) is 6.07 Å². The molecule has 0 aliphatic carbocycles. The van der Waals surface area contributed by atoms with Crippen LogP contribution in [0.25, 0.3) is 22.4 Å². The SMILES string of the molecule is CCOC(=O)c1cccc(-c2ccccc2-c2cc(Cl)ccc2OCc2ccccc2F)n1. The third-order valence-corrected chi connectivity index (χ3v) is 5.24. The van der Waals surface area contributed by atoms with Crippen LogP contribution >= 0.6 is 11.6 Å². The molecule has 0 atom stereocenters. The van der Waals surface area contributed by atoms with E-state index in [9.17, 15) is 9.18 Å². The molecule has 166 valence electrons. The Balaban J connectivity index is 1.74. The van der Waals surface area contributed by atoms with Crippen LogP contribution in [0.4, 0.5) is 4.39 Å². The van der Waals surface area contributed by atoms with Crippen molar-refractivity contribution in [1.29, 1.82) is 0 Å². The minimum atomic E-state index is -0.478. The Bertz CT molecular complexity index is 1290. The van der Waals surface area contributed by atoms with Gasteiger partial charge in [0.15, 0.2) is 0 Å². The number of esters is 1. The second kappa shape index (κ2) is 10.3. The van der Waals surface area contributed by atoms with E-state index in [-0.39, 0.29) is 24.7 Å². The van der Waals surface area contributed by atoms with Gasteiger partial charge in [-0.05, 0) is 48.9 Å². The third-order valence-electron chi connectivity index (χ3n) is 5.01. The first-order valence-electron chi connectivity index (χ1n) is 10.5. The van der Waals surface area contributed by atoms with E-state index >= 15 is 0 Å². The van der Waals surface area contributed by atoms with Crippen LogP contribution in [-0.2, 0) is 11.3 Å². The summed E-state index contributed by atoms with van der Waals surface area (Å²) in [7, 11) is 0. The van der Waals surface area contributed by atoms with Gasteiger partial charge in [-0.15, -0.1) is 0 Å². The zero-order valence-corrected chi connectivity index (χ0v) is 18.7. The molecule has 0 aliphatic rings. The molecule has 1 heterocycles. The molecule has 3 aromatic carbocycles. The number of carbonyl (C=O) groups excluding carboxylic acids is 1. The van der Waals surface area contributed by atoms with Crippen LogP contribution in [0.1, 0.15) is 23.0 Å². The van der Waals surface area contributed by atoms with Crippen LogP contribution in [0, 0.1) is 5.82 Å². The van der Waals surface area contributed by atoms with Crippen molar-refractivity contribution in [1.82, 2.24) is 4.98 Å². The zero-order valence-electron chi connectivity index (χ0n) is 17.9. The fraction of sp³-hybridized carbons (Fsp3) is 0.111. The molecule has 0 saturated carbocycles. The fourth-order valence-electron chi connectivity index (χ4n) is 3.45. The lowest BCUT2D eigenvalue weighted by Crippen LogP contribution is -2.07. The average Bonchev–Trinajstić information content (AvgIpc) is 2.84. The van der Waals surface area contributed by atoms with Gasteiger partial charge in [-0.2, -0.15) is 0 Å². The van der Waals surface area contributed by atoms with Crippen LogP contribution in [-0.4, -0.2) is 17.6 Å². The van der Waals surface area contributed by atoms with Gasteiger partial charge in [0.2, 0.25) is 0 Å². The fourth-order valence-corrected chi connectivity index (χ4v) is 3.63. The van der Waals surface area contributed by atoms with Crippen molar-refractivity contribution in [3.63, 3.8) is 0 Å². The number of nitrogens with zero attached hydrogens (tertiary/aromatic N) is 1. The van der Waals surface area contributed by atoms with Crippen LogP contribution in [0.3, 0.4) is 0 Å². The molecule has 0 fully saturated rings. The maximum absolute atomic E-state index is 14.1. The largest absolute Gasteiger partial charge is 0.488 e. The molecule has 4 aromatic rings. The Morgan fingerprint density at radius 2 is 1.67 bits per heavy atom. The summed E-state index contributed by atoms with van der Waals surface area (Å²) in [5.74, 6) is -0.251. The molecule has 0 saturated heterocycles. The van der Waals surface area contributed by atoms with E-state index in [4.69, 9.17) is 21.1 Å². The third kappa shape index (κ3) is 5.21. The zero-order chi connectivity index (χ0) is 23.2. The second-order valence-electron chi connectivity index (χ2n) is 7.19. The Kier molecular flexibility index (Phi) is 7.01. The van der Waals surface area contributed by atoms with Crippen LogP contribution in [0.15, 0.2) is 84.9 Å². The molecule has 0 bridgehead atoms. The molecule has 0 radical (unpaired) electrons. The van der Waals surface area contributed by atoms with Crippen molar-refractivity contribution in [2.24, 2.45) is 0 Å². The quantitative estimate of drug-likeness (QED) is 0.279. The van der Waals surface area contributed by atoms with Crippen molar-refractivity contribution >= 4 is 17.6 Å². The highest BCUT2D eigenvalue weighted by Crippen LogP contribution is 2.38. The van der Waals surface area contributed by atoms with Gasteiger partial charge < -0.3 is 9.47 Å². The van der Waals surface area contributed by atoms with E-state index in [2.05, 4.69) is 4.98 Å². The molecule has 4 rings (SSSR count). The lowest BCUT2D eigenvalue weighted by Gasteiger charge is -2.16. The maximum atomic E-state index is 14.1. The van der Waals surface area contributed by atoms with Gasteiger partial charge in [0, 0.05) is 21.7 Å². The topological polar surface area (TPSA) is 48.4 Å². The molecule has 1 aromatic heterocycles. The Morgan fingerprint density at radius 1 is 0.909 bits per heavy atom. The molecular weight excluding hydrogens is 441 g/mol. The Labute approximate surface area is 196 Å². The van der Waals surface area contributed by atoms with Gasteiger partial charge in [0.05, 0.1) is 12.3 Å². The summed E-state index contributed by atoms with van der Waals surface area (Å²) >= 11 is 6.32. The minimum absolute atomic E-state index is 0.0695. The first kappa shape index (κ1) is 22.5. The normalized spacial score (nSPS) is 10.6. The molecule has 4 nitrogen and oxygen atoms in total. The highest BCUT2D eigenvalue weighted by atomic mass is 35.5. The van der Waals surface area contributed by atoms with Crippen molar-refractivity contribution in [2.45, 2.75) is 13.5 Å². The number of pyridine rings is 1. The summed E-state index contributed by atoms with van der Waals surface area (Å²) < 4.78 is 25.2. The second-order valence-corrected chi connectivity index (χ2v) is 7.63. The minimum Gasteiger partial charge on any atom is -0.488 e. The summed E-state index contributed by atoms with van der Waals surface area (Å²) in [6, 6.07) is 24.6. The maximum Gasteiger partial charge on any atom is 0.356 e. The number of ether oxygens (including phenoxy) is 2. The van der Waals surface area contributed by atoms with Crippen molar-refractivity contribution in [2.75, 3.05) is 6.61 Å². The smallest absolute Gasteiger partial charge is 0.356 e.